The molecule has 1 aliphatic heterocycles. The van der Waals surface area contributed by atoms with Gasteiger partial charge in [0.05, 0.1) is 0 Å². The Morgan fingerprint density at radius 3 is 3.16 bits per heavy atom. The number of rotatable bonds is 5. The predicted molar refractivity (Wildman–Crippen MR) is 76.8 cm³/mol. The Morgan fingerprint density at radius 2 is 2.37 bits per heavy atom. The van der Waals surface area contributed by atoms with Crippen LogP contribution in [0.15, 0.2) is 18.3 Å². The Bertz CT molecular complexity index is 433. The summed E-state index contributed by atoms with van der Waals surface area (Å²) in [5, 5.41) is 3.28. The summed E-state index contributed by atoms with van der Waals surface area (Å²) in [4.78, 5) is 18.3. The third-order valence-corrected chi connectivity index (χ3v) is 3.55. The number of nitrogens with one attached hydrogen (secondary N) is 1. The monoisotopic (exact) mass is 261 g/mol. The van der Waals surface area contributed by atoms with E-state index in [-0.39, 0.29) is 11.8 Å². The maximum atomic E-state index is 12.1. The molecule has 1 N–H and O–H groups in total. The minimum atomic E-state index is 0.174. The summed E-state index contributed by atoms with van der Waals surface area (Å²) < 4.78 is 0. The van der Waals surface area contributed by atoms with Gasteiger partial charge in [-0.05, 0) is 37.0 Å². The number of likely N-dealkylation sites (tertiary alicyclic amines) is 1. The molecule has 0 radical (unpaired) electrons. The normalized spacial score (nSPS) is 19.6. The van der Waals surface area contributed by atoms with Gasteiger partial charge in [-0.15, -0.1) is 0 Å². The standard InChI is InChI=1S/C15H23N3O/c1-3-7-16-14-10-13(6-8-17-14)11-18-9-4-5-12(2)15(18)19/h6,8,10,12H,3-5,7,9,11H2,1-2H3,(H,16,17). The Labute approximate surface area is 115 Å². The molecule has 2 heterocycles. The highest BCUT2D eigenvalue weighted by molar-refractivity contribution is 5.79. The molecule has 4 heteroatoms. The number of nitrogens with zero attached hydrogens (tertiary/aromatic N) is 2. The molecule has 4 nitrogen and oxygen atoms in total. The van der Waals surface area contributed by atoms with Crippen molar-refractivity contribution in [2.75, 3.05) is 18.4 Å². The average molecular weight is 261 g/mol. The Kier molecular flexibility index (Phi) is 4.77. The first kappa shape index (κ1) is 13.8. The molecule has 1 aliphatic rings. The van der Waals surface area contributed by atoms with Crippen molar-refractivity contribution in [1.29, 1.82) is 0 Å². The number of carbonyl (C=O) groups excluding carboxylic acids is 1. The van der Waals surface area contributed by atoms with Crippen molar-refractivity contribution >= 4 is 11.7 Å². The van der Waals surface area contributed by atoms with E-state index >= 15 is 0 Å². The van der Waals surface area contributed by atoms with E-state index in [1.165, 1.54) is 0 Å². The lowest BCUT2D eigenvalue weighted by atomic mass is 9.99. The fraction of sp³-hybridized carbons (Fsp3) is 0.600. The van der Waals surface area contributed by atoms with Gasteiger partial charge in [-0.25, -0.2) is 4.98 Å². The fourth-order valence-corrected chi connectivity index (χ4v) is 2.43. The Hall–Kier alpha value is -1.58. The first-order valence-corrected chi connectivity index (χ1v) is 7.18. The van der Waals surface area contributed by atoms with Gasteiger partial charge in [-0.1, -0.05) is 13.8 Å². The van der Waals surface area contributed by atoms with Crippen molar-refractivity contribution in [1.82, 2.24) is 9.88 Å². The summed E-state index contributed by atoms with van der Waals surface area (Å²) in [5.41, 5.74) is 1.15. The third kappa shape index (κ3) is 3.69. The molecule has 0 saturated carbocycles. The minimum Gasteiger partial charge on any atom is -0.370 e. The van der Waals surface area contributed by atoms with Gasteiger partial charge in [-0.3, -0.25) is 4.79 Å². The highest BCUT2D eigenvalue weighted by Crippen LogP contribution is 2.20. The number of aromatic nitrogens is 1. The van der Waals surface area contributed by atoms with Crippen LogP contribution in [0.1, 0.15) is 38.7 Å². The van der Waals surface area contributed by atoms with E-state index in [9.17, 15) is 4.79 Å². The highest BCUT2D eigenvalue weighted by Gasteiger charge is 2.24. The number of anilines is 1. The van der Waals surface area contributed by atoms with Crippen LogP contribution in [0.4, 0.5) is 5.82 Å². The van der Waals surface area contributed by atoms with E-state index in [2.05, 4.69) is 17.2 Å². The summed E-state index contributed by atoms with van der Waals surface area (Å²) in [6.45, 7) is 6.66. The van der Waals surface area contributed by atoms with E-state index in [4.69, 9.17) is 0 Å². The molecule has 1 aromatic rings. The van der Waals surface area contributed by atoms with Gasteiger partial charge in [0.15, 0.2) is 0 Å². The van der Waals surface area contributed by atoms with Crippen LogP contribution in [0.25, 0.3) is 0 Å². The third-order valence-electron chi connectivity index (χ3n) is 3.55. The maximum Gasteiger partial charge on any atom is 0.225 e. The van der Waals surface area contributed by atoms with Gasteiger partial charge in [0.25, 0.3) is 0 Å². The van der Waals surface area contributed by atoms with Crippen molar-refractivity contribution in [3.63, 3.8) is 0 Å². The second kappa shape index (κ2) is 6.55. The van der Waals surface area contributed by atoms with Gasteiger partial charge in [0.2, 0.25) is 5.91 Å². The molecule has 1 saturated heterocycles. The van der Waals surface area contributed by atoms with Crippen molar-refractivity contribution in [3.8, 4) is 0 Å². The molecule has 1 fully saturated rings. The smallest absolute Gasteiger partial charge is 0.225 e. The van der Waals surface area contributed by atoms with Crippen LogP contribution in [0.2, 0.25) is 0 Å². The Balaban J connectivity index is 2.00. The molecule has 19 heavy (non-hydrogen) atoms. The summed E-state index contributed by atoms with van der Waals surface area (Å²) in [7, 11) is 0. The van der Waals surface area contributed by atoms with E-state index in [1.54, 1.807) is 0 Å². The number of hydrogen-bond donors (Lipinski definition) is 1. The zero-order valence-corrected chi connectivity index (χ0v) is 11.9. The Morgan fingerprint density at radius 1 is 1.53 bits per heavy atom. The van der Waals surface area contributed by atoms with Crippen LogP contribution in [0.3, 0.4) is 0 Å². The van der Waals surface area contributed by atoms with Crippen molar-refractivity contribution < 1.29 is 4.79 Å². The lowest BCUT2D eigenvalue weighted by Crippen LogP contribution is -2.39. The molecule has 1 unspecified atom stereocenters. The van der Waals surface area contributed by atoms with Gasteiger partial charge in [0.1, 0.15) is 5.82 Å². The molecule has 0 aliphatic carbocycles. The molecular formula is C15H23N3O. The second-order valence-electron chi connectivity index (χ2n) is 5.28. The largest absolute Gasteiger partial charge is 0.370 e. The molecule has 0 spiro atoms. The van der Waals surface area contributed by atoms with Gasteiger partial charge < -0.3 is 10.2 Å². The number of piperidine rings is 1. The quantitative estimate of drug-likeness (QED) is 0.886. The van der Waals surface area contributed by atoms with E-state index < -0.39 is 0 Å². The van der Waals surface area contributed by atoms with E-state index in [1.807, 2.05) is 30.2 Å². The van der Waals surface area contributed by atoms with Crippen molar-refractivity contribution in [3.05, 3.63) is 23.9 Å². The molecular weight excluding hydrogens is 238 g/mol. The van der Waals surface area contributed by atoms with E-state index in [0.29, 0.717) is 6.54 Å². The highest BCUT2D eigenvalue weighted by atomic mass is 16.2. The zero-order valence-electron chi connectivity index (χ0n) is 11.9. The van der Waals surface area contributed by atoms with Crippen LogP contribution in [0.5, 0.6) is 0 Å². The number of carbonyl (C=O) groups is 1. The maximum absolute atomic E-state index is 12.1. The SMILES string of the molecule is CCCNc1cc(CN2CCCC(C)C2=O)ccn1. The minimum absolute atomic E-state index is 0.174. The first-order chi connectivity index (χ1) is 9.20. The number of pyridine rings is 1. The zero-order chi connectivity index (χ0) is 13.7. The lowest BCUT2D eigenvalue weighted by molar-refractivity contribution is -0.138. The first-order valence-electron chi connectivity index (χ1n) is 7.18. The fourth-order valence-electron chi connectivity index (χ4n) is 2.43. The molecule has 0 aromatic carbocycles. The number of hydrogen-bond acceptors (Lipinski definition) is 3. The van der Waals surface area contributed by atoms with Crippen LogP contribution in [-0.2, 0) is 11.3 Å². The van der Waals surface area contributed by atoms with Crippen LogP contribution >= 0.6 is 0 Å². The van der Waals surface area contributed by atoms with Crippen molar-refractivity contribution in [2.24, 2.45) is 5.92 Å². The lowest BCUT2D eigenvalue weighted by Gasteiger charge is -2.30. The molecule has 1 amide bonds. The van der Waals surface area contributed by atoms with Crippen LogP contribution < -0.4 is 5.32 Å². The van der Waals surface area contributed by atoms with Gasteiger partial charge in [0, 0.05) is 31.7 Å². The summed E-state index contributed by atoms with van der Waals surface area (Å²) in [5.74, 6) is 1.36. The predicted octanol–water partition coefficient (Wildman–Crippen LogP) is 2.66. The molecule has 1 aromatic heterocycles. The van der Waals surface area contributed by atoms with Crippen LogP contribution in [0, 0.1) is 5.92 Å². The molecule has 0 bridgehead atoms. The van der Waals surface area contributed by atoms with E-state index in [0.717, 1.165) is 43.7 Å². The van der Waals surface area contributed by atoms with Crippen molar-refractivity contribution in [2.45, 2.75) is 39.7 Å². The van der Waals surface area contributed by atoms with Crippen LogP contribution in [-0.4, -0.2) is 28.9 Å². The summed E-state index contributed by atoms with van der Waals surface area (Å²) >= 11 is 0. The molecule has 2 rings (SSSR count). The topological polar surface area (TPSA) is 45.2 Å². The average Bonchev–Trinajstić information content (AvgIpc) is 2.42. The second-order valence-corrected chi connectivity index (χ2v) is 5.28. The van der Waals surface area contributed by atoms with Gasteiger partial charge in [-0.2, -0.15) is 0 Å². The molecule has 1 atom stereocenters. The molecule has 104 valence electrons. The number of amides is 1. The van der Waals surface area contributed by atoms with Gasteiger partial charge >= 0.3 is 0 Å². The summed E-state index contributed by atoms with van der Waals surface area (Å²) in [6, 6.07) is 4.03. The summed E-state index contributed by atoms with van der Waals surface area (Å²) in [6.07, 6.45) is 5.02.